The summed E-state index contributed by atoms with van der Waals surface area (Å²) in [6, 6.07) is 16.6. The summed E-state index contributed by atoms with van der Waals surface area (Å²) in [5, 5.41) is 15.0. The molecule has 0 aliphatic carbocycles. The number of nitrogens with zero attached hydrogens (tertiary/aromatic N) is 4. The van der Waals surface area contributed by atoms with E-state index in [4.69, 9.17) is 0 Å². The molecule has 0 radical (unpaired) electrons. The fourth-order valence-corrected chi connectivity index (χ4v) is 2.15. The number of benzene rings is 2. The highest BCUT2D eigenvalue weighted by Crippen LogP contribution is 2.20. The van der Waals surface area contributed by atoms with Gasteiger partial charge in [0.1, 0.15) is 0 Å². The van der Waals surface area contributed by atoms with Crippen LogP contribution in [0.2, 0.25) is 0 Å². The zero-order valence-corrected chi connectivity index (χ0v) is 12.1. The molecule has 0 aliphatic rings. The van der Waals surface area contributed by atoms with Crippen molar-refractivity contribution >= 4 is 5.69 Å². The molecule has 0 aliphatic heterocycles. The minimum Gasteiger partial charge on any atom is -0.381 e. The molecule has 106 valence electrons. The minimum atomic E-state index is 0.758. The van der Waals surface area contributed by atoms with Crippen molar-refractivity contribution in [2.24, 2.45) is 7.05 Å². The molecule has 0 amide bonds. The SMILES string of the molecule is Cc1ccc(CNc2cccc(-c3nnnn3C)c2)cc1. The summed E-state index contributed by atoms with van der Waals surface area (Å²) >= 11 is 0. The van der Waals surface area contributed by atoms with Gasteiger partial charge in [-0.2, -0.15) is 0 Å². The molecule has 0 atom stereocenters. The molecule has 1 N–H and O–H groups in total. The van der Waals surface area contributed by atoms with Gasteiger partial charge in [-0.25, -0.2) is 4.68 Å². The van der Waals surface area contributed by atoms with E-state index >= 15 is 0 Å². The van der Waals surface area contributed by atoms with E-state index in [9.17, 15) is 0 Å². The number of nitrogens with one attached hydrogen (secondary N) is 1. The van der Waals surface area contributed by atoms with Crippen LogP contribution in [0.3, 0.4) is 0 Å². The number of hydrogen-bond donors (Lipinski definition) is 1. The lowest BCUT2D eigenvalue weighted by molar-refractivity contribution is 0.714. The standard InChI is InChI=1S/C16H17N5/c1-12-6-8-13(9-7-12)11-17-15-5-3-4-14(10-15)16-18-19-20-21(16)2/h3-10,17H,11H2,1-2H3. The van der Waals surface area contributed by atoms with Crippen LogP contribution < -0.4 is 5.32 Å². The van der Waals surface area contributed by atoms with Gasteiger partial charge in [0.25, 0.3) is 0 Å². The molecular weight excluding hydrogens is 262 g/mol. The molecule has 0 saturated carbocycles. The fraction of sp³-hybridized carbons (Fsp3) is 0.188. The van der Waals surface area contributed by atoms with Crippen molar-refractivity contribution in [2.45, 2.75) is 13.5 Å². The Balaban J connectivity index is 1.74. The fourth-order valence-electron chi connectivity index (χ4n) is 2.15. The number of aryl methyl sites for hydroxylation is 2. The van der Waals surface area contributed by atoms with Crippen LogP contribution in [0.15, 0.2) is 48.5 Å². The van der Waals surface area contributed by atoms with Gasteiger partial charge < -0.3 is 5.32 Å². The molecule has 2 aromatic carbocycles. The van der Waals surface area contributed by atoms with Crippen LogP contribution in [0.4, 0.5) is 5.69 Å². The van der Waals surface area contributed by atoms with Crippen molar-refractivity contribution in [3.63, 3.8) is 0 Å². The van der Waals surface area contributed by atoms with E-state index in [1.165, 1.54) is 11.1 Å². The molecule has 0 unspecified atom stereocenters. The molecule has 3 rings (SSSR count). The van der Waals surface area contributed by atoms with Crippen LogP contribution in [0.5, 0.6) is 0 Å². The Morgan fingerprint density at radius 1 is 1.10 bits per heavy atom. The van der Waals surface area contributed by atoms with Crippen molar-refractivity contribution in [1.29, 1.82) is 0 Å². The smallest absolute Gasteiger partial charge is 0.181 e. The summed E-state index contributed by atoms with van der Waals surface area (Å²) in [5.41, 5.74) is 4.58. The number of anilines is 1. The lowest BCUT2D eigenvalue weighted by Crippen LogP contribution is -2.00. The molecule has 0 saturated heterocycles. The van der Waals surface area contributed by atoms with E-state index < -0.39 is 0 Å². The number of hydrogen-bond acceptors (Lipinski definition) is 4. The molecule has 1 aromatic heterocycles. The Bertz CT molecular complexity index is 730. The van der Waals surface area contributed by atoms with E-state index in [0.717, 1.165) is 23.6 Å². The molecule has 21 heavy (non-hydrogen) atoms. The number of aromatic nitrogens is 4. The molecule has 3 aromatic rings. The van der Waals surface area contributed by atoms with Crippen LogP contribution in [-0.2, 0) is 13.6 Å². The first-order chi connectivity index (χ1) is 10.2. The maximum atomic E-state index is 4.03. The van der Waals surface area contributed by atoms with Gasteiger partial charge >= 0.3 is 0 Å². The Kier molecular flexibility index (Phi) is 3.64. The summed E-state index contributed by atoms with van der Waals surface area (Å²) in [6.07, 6.45) is 0. The van der Waals surface area contributed by atoms with E-state index in [1.807, 2.05) is 25.2 Å². The Morgan fingerprint density at radius 2 is 1.90 bits per heavy atom. The van der Waals surface area contributed by atoms with Crippen molar-refractivity contribution in [3.8, 4) is 11.4 Å². The summed E-state index contributed by atoms with van der Waals surface area (Å²) in [7, 11) is 1.84. The highest BCUT2D eigenvalue weighted by atomic mass is 15.5. The van der Waals surface area contributed by atoms with Gasteiger partial charge in [-0.1, -0.05) is 42.0 Å². The maximum Gasteiger partial charge on any atom is 0.181 e. The van der Waals surface area contributed by atoms with Gasteiger partial charge in [0.2, 0.25) is 0 Å². The average Bonchev–Trinajstić information content (AvgIpc) is 2.93. The van der Waals surface area contributed by atoms with Crippen LogP contribution in [0.25, 0.3) is 11.4 Å². The van der Waals surface area contributed by atoms with Crippen LogP contribution in [0, 0.1) is 6.92 Å². The van der Waals surface area contributed by atoms with Crippen molar-refractivity contribution in [2.75, 3.05) is 5.32 Å². The van der Waals surface area contributed by atoms with Gasteiger partial charge in [-0.3, -0.25) is 0 Å². The number of tetrazole rings is 1. The molecule has 1 heterocycles. The third-order valence-electron chi connectivity index (χ3n) is 3.36. The first-order valence-corrected chi connectivity index (χ1v) is 6.84. The molecule has 0 fully saturated rings. The van der Waals surface area contributed by atoms with Gasteiger partial charge in [0, 0.05) is 24.8 Å². The second-order valence-corrected chi connectivity index (χ2v) is 5.05. The molecule has 5 nitrogen and oxygen atoms in total. The van der Waals surface area contributed by atoms with Crippen LogP contribution >= 0.6 is 0 Å². The number of rotatable bonds is 4. The predicted octanol–water partition coefficient (Wildman–Crippen LogP) is 2.80. The summed E-state index contributed by atoms with van der Waals surface area (Å²) in [5.74, 6) is 0.758. The van der Waals surface area contributed by atoms with E-state index in [-0.39, 0.29) is 0 Å². The van der Waals surface area contributed by atoms with Crippen LogP contribution in [0.1, 0.15) is 11.1 Å². The quantitative estimate of drug-likeness (QED) is 0.798. The average molecular weight is 279 g/mol. The van der Waals surface area contributed by atoms with Crippen LogP contribution in [-0.4, -0.2) is 20.2 Å². The second-order valence-electron chi connectivity index (χ2n) is 5.05. The molecular formula is C16H17N5. The van der Waals surface area contributed by atoms with Gasteiger partial charge in [-0.05, 0) is 35.0 Å². The van der Waals surface area contributed by atoms with E-state index in [0.29, 0.717) is 0 Å². The van der Waals surface area contributed by atoms with Crippen molar-refractivity contribution in [3.05, 3.63) is 59.7 Å². The highest BCUT2D eigenvalue weighted by Gasteiger charge is 2.06. The lowest BCUT2D eigenvalue weighted by atomic mass is 10.1. The van der Waals surface area contributed by atoms with E-state index in [2.05, 4.69) is 58.1 Å². The van der Waals surface area contributed by atoms with Gasteiger partial charge in [-0.15, -0.1) is 5.10 Å². The first kappa shape index (κ1) is 13.3. The van der Waals surface area contributed by atoms with Crippen molar-refractivity contribution < 1.29 is 0 Å². The lowest BCUT2D eigenvalue weighted by Gasteiger charge is -2.08. The normalized spacial score (nSPS) is 10.6. The Labute approximate surface area is 123 Å². The topological polar surface area (TPSA) is 55.6 Å². The zero-order valence-electron chi connectivity index (χ0n) is 12.1. The van der Waals surface area contributed by atoms with Crippen molar-refractivity contribution in [1.82, 2.24) is 20.2 Å². The third-order valence-corrected chi connectivity index (χ3v) is 3.36. The first-order valence-electron chi connectivity index (χ1n) is 6.84. The Morgan fingerprint density at radius 3 is 2.62 bits per heavy atom. The monoisotopic (exact) mass is 279 g/mol. The largest absolute Gasteiger partial charge is 0.381 e. The summed E-state index contributed by atoms with van der Waals surface area (Å²) < 4.78 is 1.67. The maximum absolute atomic E-state index is 4.03. The van der Waals surface area contributed by atoms with E-state index in [1.54, 1.807) is 4.68 Å². The highest BCUT2D eigenvalue weighted by molar-refractivity contribution is 5.62. The van der Waals surface area contributed by atoms with Gasteiger partial charge in [0.05, 0.1) is 0 Å². The summed E-state index contributed by atoms with van der Waals surface area (Å²) in [4.78, 5) is 0. The molecule has 5 heteroatoms. The summed E-state index contributed by atoms with van der Waals surface area (Å²) in [6.45, 7) is 2.89. The Hall–Kier alpha value is -2.69. The minimum absolute atomic E-state index is 0.758. The second kappa shape index (κ2) is 5.75. The zero-order chi connectivity index (χ0) is 14.7. The molecule has 0 bridgehead atoms. The molecule has 0 spiro atoms. The predicted molar refractivity (Wildman–Crippen MR) is 82.7 cm³/mol. The van der Waals surface area contributed by atoms with Gasteiger partial charge in [0.15, 0.2) is 5.82 Å². The third kappa shape index (κ3) is 3.08.